The van der Waals surface area contributed by atoms with Crippen molar-refractivity contribution in [2.45, 2.75) is 18.8 Å². The minimum atomic E-state index is -0.251. The smallest absolute Gasteiger partial charge is 0.124 e. The highest BCUT2D eigenvalue weighted by Gasteiger charge is 2.25. The zero-order valence-electron chi connectivity index (χ0n) is 5.98. The Morgan fingerprint density at radius 2 is 2.09 bits per heavy atom. The van der Waals surface area contributed by atoms with Crippen LogP contribution in [0.4, 0.5) is 4.39 Å². The molecule has 0 heterocycles. The van der Waals surface area contributed by atoms with Crippen LogP contribution in [0.1, 0.15) is 24.3 Å². The SMILES string of the molecule is Fc1ccc(C2CC2)c(Cl)c1. The summed E-state index contributed by atoms with van der Waals surface area (Å²) in [6.45, 7) is 0. The van der Waals surface area contributed by atoms with Gasteiger partial charge in [-0.1, -0.05) is 17.7 Å². The molecule has 0 bridgehead atoms. The molecule has 0 amide bonds. The summed E-state index contributed by atoms with van der Waals surface area (Å²) in [6, 6.07) is 4.64. The second kappa shape index (κ2) is 2.49. The molecule has 0 atom stereocenters. The molecule has 0 unspecified atom stereocenters. The van der Waals surface area contributed by atoms with Crippen molar-refractivity contribution in [3.8, 4) is 0 Å². The van der Waals surface area contributed by atoms with Crippen molar-refractivity contribution in [3.05, 3.63) is 34.6 Å². The van der Waals surface area contributed by atoms with Crippen molar-refractivity contribution in [1.29, 1.82) is 0 Å². The molecule has 1 aromatic rings. The van der Waals surface area contributed by atoms with Crippen LogP contribution in [0.5, 0.6) is 0 Å². The first-order valence-electron chi connectivity index (χ1n) is 3.72. The molecule has 1 fully saturated rings. The Labute approximate surface area is 70.0 Å². The minimum Gasteiger partial charge on any atom is -0.207 e. The van der Waals surface area contributed by atoms with Gasteiger partial charge in [-0.25, -0.2) is 4.39 Å². The van der Waals surface area contributed by atoms with Gasteiger partial charge in [-0.05, 0) is 36.5 Å². The van der Waals surface area contributed by atoms with Crippen LogP contribution < -0.4 is 0 Å². The summed E-state index contributed by atoms with van der Waals surface area (Å²) in [7, 11) is 0. The van der Waals surface area contributed by atoms with Crippen molar-refractivity contribution >= 4 is 11.6 Å². The van der Waals surface area contributed by atoms with Crippen LogP contribution in [0, 0.1) is 5.82 Å². The monoisotopic (exact) mass is 170 g/mol. The van der Waals surface area contributed by atoms with Crippen molar-refractivity contribution in [2.75, 3.05) is 0 Å². The maximum absolute atomic E-state index is 12.5. The molecular weight excluding hydrogens is 163 g/mol. The quantitative estimate of drug-likeness (QED) is 0.607. The molecule has 0 saturated heterocycles. The van der Waals surface area contributed by atoms with Crippen molar-refractivity contribution in [1.82, 2.24) is 0 Å². The molecule has 11 heavy (non-hydrogen) atoms. The van der Waals surface area contributed by atoms with E-state index in [-0.39, 0.29) is 5.82 Å². The molecule has 1 aliphatic carbocycles. The molecule has 1 aliphatic rings. The van der Waals surface area contributed by atoms with Gasteiger partial charge in [0.1, 0.15) is 5.82 Å². The van der Waals surface area contributed by atoms with E-state index in [1.807, 2.05) is 0 Å². The second-order valence-electron chi connectivity index (χ2n) is 2.94. The molecule has 0 radical (unpaired) electrons. The van der Waals surface area contributed by atoms with E-state index in [9.17, 15) is 4.39 Å². The third-order valence-electron chi connectivity index (χ3n) is 1.98. The third-order valence-corrected chi connectivity index (χ3v) is 2.31. The van der Waals surface area contributed by atoms with Gasteiger partial charge in [0.05, 0.1) is 0 Å². The van der Waals surface area contributed by atoms with Crippen LogP contribution in [-0.2, 0) is 0 Å². The topological polar surface area (TPSA) is 0 Å². The van der Waals surface area contributed by atoms with E-state index in [0.29, 0.717) is 10.9 Å². The van der Waals surface area contributed by atoms with Gasteiger partial charge in [0.15, 0.2) is 0 Å². The van der Waals surface area contributed by atoms with Crippen molar-refractivity contribution < 1.29 is 4.39 Å². The average molecular weight is 171 g/mol. The molecule has 0 N–H and O–H groups in total. The van der Waals surface area contributed by atoms with Gasteiger partial charge in [0.2, 0.25) is 0 Å². The molecule has 0 nitrogen and oxygen atoms in total. The molecule has 1 aromatic carbocycles. The fraction of sp³-hybridized carbons (Fsp3) is 0.333. The van der Waals surface area contributed by atoms with Crippen molar-refractivity contribution in [3.63, 3.8) is 0 Å². The molecule has 1 saturated carbocycles. The summed E-state index contributed by atoms with van der Waals surface area (Å²) in [5.74, 6) is 0.350. The zero-order chi connectivity index (χ0) is 7.84. The molecule has 0 aromatic heterocycles. The fourth-order valence-corrected chi connectivity index (χ4v) is 1.55. The van der Waals surface area contributed by atoms with Gasteiger partial charge in [-0.15, -0.1) is 0 Å². The number of hydrogen-bond donors (Lipinski definition) is 0. The van der Waals surface area contributed by atoms with Gasteiger partial charge in [0.25, 0.3) is 0 Å². The van der Waals surface area contributed by atoms with E-state index in [0.717, 1.165) is 5.56 Å². The average Bonchev–Trinajstić information content (AvgIpc) is 2.70. The summed E-state index contributed by atoms with van der Waals surface area (Å²) < 4.78 is 12.5. The number of rotatable bonds is 1. The fourth-order valence-electron chi connectivity index (χ4n) is 1.23. The minimum absolute atomic E-state index is 0.251. The predicted octanol–water partition coefficient (Wildman–Crippen LogP) is 3.36. The lowest BCUT2D eigenvalue weighted by Crippen LogP contribution is -1.82. The van der Waals surface area contributed by atoms with Gasteiger partial charge >= 0.3 is 0 Å². The van der Waals surface area contributed by atoms with E-state index >= 15 is 0 Å². The van der Waals surface area contributed by atoms with Crippen LogP contribution >= 0.6 is 11.6 Å². The summed E-state index contributed by atoms with van der Waals surface area (Å²) in [5.41, 5.74) is 1.10. The molecule has 0 aliphatic heterocycles. The highest BCUT2D eigenvalue weighted by molar-refractivity contribution is 6.31. The Morgan fingerprint density at radius 3 is 2.64 bits per heavy atom. The van der Waals surface area contributed by atoms with Gasteiger partial charge in [-0.2, -0.15) is 0 Å². The molecule has 2 rings (SSSR count). The molecule has 0 spiro atoms. The maximum atomic E-state index is 12.5. The molecular formula is C9H8ClF. The summed E-state index contributed by atoms with van der Waals surface area (Å²) in [4.78, 5) is 0. The van der Waals surface area contributed by atoms with E-state index in [1.165, 1.54) is 25.0 Å². The summed E-state index contributed by atoms with van der Waals surface area (Å²) in [6.07, 6.45) is 2.40. The van der Waals surface area contributed by atoms with Crippen LogP contribution in [0.15, 0.2) is 18.2 Å². The van der Waals surface area contributed by atoms with E-state index in [1.54, 1.807) is 6.07 Å². The Morgan fingerprint density at radius 1 is 1.36 bits per heavy atom. The van der Waals surface area contributed by atoms with Gasteiger partial charge in [-0.3, -0.25) is 0 Å². The Hall–Kier alpha value is -0.560. The zero-order valence-corrected chi connectivity index (χ0v) is 6.74. The standard InChI is InChI=1S/C9H8ClF/c10-9-5-7(11)3-4-8(9)6-1-2-6/h3-6H,1-2H2. The lowest BCUT2D eigenvalue weighted by Gasteiger charge is -2.00. The maximum Gasteiger partial charge on any atom is 0.124 e. The normalized spacial score (nSPS) is 16.9. The predicted molar refractivity (Wildman–Crippen MR) is 43.4 cm³/mol. The lowest BCUT2D eigenvalue weighted by molar-refractivity contribution is 0.627. The van der Waals surface area contributed by atoms with Crippen LogP contribution in [0.3, 0.4) is 0 Å². The number of benzene rings is 1. The van der Waals surface area contributed by atoms with Gasteiger partial charge in [0, 0.05) is 5.02 Å². The van der Waals surface area contributed by atoms with Crippen LogP contribution in [0.25, 0.3) is 0 Å². The van der Waals surface area contributed by atoms with Gasteiger partial charge < -0.3 is 0 Å². The Balaban J connectivity index is 2.39. The second-order valence-corrected chi connectivity index (χ2v) is 3.35. The summed E-state index contributed by atoms with van der Waals surface area (Å²) in [5, 5.41) is 0.576. The van der Waals surface area contributed by atoms with Crippen molar-refractivity contribution in [2.24, 2.45) is 0 Å². The largest absolute Gasteiger partial charge is 0.207 e. The first-order valence-corrected chi connectivity index (χ1v) is 4.10. The lowest BCUT2D eigenvalue weighted by atomic mass is 10.1. The van der Waals surface area contributed by atoms with Crippen LogP contribution in [0.2, 0.25) is 5.02 Å². The highest BCUT2D eigenvalue weighted by Crippen LogP contribution is 2.43. The first-order chi connectivity index (χ1) is 5.27. The highest BCUT2D eigenvalue weighted by atomic mass is 35.5. The van der Waals surface area contributed by atoms with E-state index in [4.69, 9.17) is 11.6 Å². The number of halogens is 2. The molecule has 58 valence electrons. The third kappa shape index (κ3) is 1.38. The van der Waals surface area contributed by atoms with E-state index in [2.05, 4.69) is 0 Å². The first kappa shape index (κ1) is 7.11. The number of hydrogen-bond acceptors (Lipinski definition) is 0. The Kier molecular flexibility index (Phi) is 1.61. The Bertz CT molecular complexity index is 279. The van der Waals surface area contributed by atoms with Crippen LogP contribution in [-0.4, -0.2) is 0 Å². The summed E-state index contributed by atoms with van der Waals surface area (Å²) >= 11 is 5.82. The molecule has 2 heteroatoms. The van der Waals surface area contributed by atoms with E-state index < -0.39 is 0 Å².